The SMILES string of the molecule is CCOC(=O)NC1[C@H]2COC[C@@H]12. The molecule has 0 bridgehead atoms. The molecule has 0 aromatic rings. The minimum absolute atomic E-state index is 0.295. The normalized spacial score (nSPS) is 37.2. The molecule has 1 heterocycles. The van der Waals surface area contributed by atoms with E-state index in [4.69, 9.17) is 9.47 Å². The van der Waals surface area contributed by atoms with Gasteiger partial charge in [-0.3, -0.25) is 0 Å². The summed E-state index contributed by atoms with van der Waals surface area (Å²) in [4.78, 5) is 11.0. The Morgan fingerprint density at radius 2 is 2.25 bits per heavy atom. The van der Waals surface area contributed by atoms with E-state index in [-0.39, 0.29) is 6.09 Å². The maximum absolute atomic E-state index is 11.0. The van der Waals surface area contributed by atoms with E-state index < -0.39 is 0 Å². The highest BCUT2D eigenvalue weighted by molar-refractivity contribution is 5.68. The Labute approximate surface area is 71.2 Å². The van der Waals surface area contributed by atoms with E-state index in [0.717, 1.165) is 13.2 Å². The molecule has 1 amide bonds. The van der Waals surface area contributed by atoms with E-state index in [1.165, 1.54) is 0 Å². The number of alkyl carbamates (subject to hydrolysis) is 1. The van der Waals surface area contributed by atoms with E-state index >= 15 is 0 Å². The van der Waals surface area contributed by atoms with Crippen molar-refractivity contribution in [2.75, 3.05) is 19.8 Å². The smallest absolute Gasteiger partial charge is 0.407 e. The molecule has 2 fully saturated rings. The summed E-state index contributed by atoms with van der Waals surface area (Å²) >= 11 is 0. The summed E-state index contributed by atoms with van der Waals surface area (Å²) in [6.45, 7) is 3.82. The van der Waals surface area contributed by atoms with Crippen molar-refractivity contribution in [3.05, 3.63) is 0 Å². The van der Waals surface area contributed by atoms with Crippen LogP contribution in [0.4, 0.5) is 4.79 Å². The van der Waals surface area contributed by atoms with Crippen molar-refractivity contribution >= 4 is 6.09 Å². The van der Waals surface area contributed by atoms with Gasteiger partial charge in [-0.15, -0.1) is 0 Å². The lowest BCUT2D eigenvalue weighted by Crippen LogP contribution is -2.30. The van der Waals surface area contributed by atoms with Gasteiger partial charge in [0.2, 0.25) is 0 Å². The van der Waals surface area contributed by atoms with Gasteiger partial charge in [-0.05, 0) is 6.92 Å². The number of carbonyl (C=O) groups excluding carboxylic acids is 1. The lowest BCUT2D eigenvalue weighted by atomic mass is 10.4. The topological polar surface area (TPSA) is 47.6 Å². The zero-order chi connectivity index (χ0) is 8.55. The number of hydrogen-bond donors (Lipinski definition) is 1. The summed E-state index contributed by atoms with van der Waals surface area (Å²) in [6.07, 6.45) is -0.295. The average Bonchev–Trinajstić information content (AvgIpc) is 2.51. The molecule has 12 heavy (non-hydrogen) atoms. The monoisotopic (exact) mass is 171 g/mol. The molecular formula is C8H13NO3. The van der Waals surface area contributed by atoms with Gasteiger partial charge in [0.15, 0.2) is 0 Å². The summed E-state index contributed by atoms with van der Waals surface area (Å²) in [6, 6.07) is 0.317. The van der Waals surface area contributed by atoms with Crippen LogP contribution in [0.3, 0.4) is 0 Å². The molecule has 1 unspecified atom stereocenters. The van der Waals surface area contributed by atoms with Crippen LogP contribution in [-0.2, 0) is 9.47 Å². The van der Waals surface area contributed by atoms with Crippen LogP contribution in [-0.4, -0.2) is 32.0 Å². The molecule has 1 aliphatic carbocycles. The zero-order valence-electron chi connectivity index (χ0n) is 7.08. The number of nitrogens with one attached hydrogen (secondary N) is 1. The maximum atomic E-state index is 11.0. The van der Waals surface area contributed by atoms with Crippen LogP contribution in [0.15, 0.2) is 0 Å². The fraction of sp³-hybridized carbons (Fsp3) is 0.875. The van der Waals surface area contributed by atoms with E-state index in [0.29, 0.717) is 24.5 Å². The molecule has 1 N–H and O–H groups in total. The van der Waals surface area contributed by atoms with E-state index in [1.807, 2.05) is 0 Å². The minimum atomic E-state index is -0.295. The highest BCUT2D eigenvalue weighted by Gasteiger charge is 2.55. The Balaban J connectivity index is 1.72. The fourth-order valence-electron chi connectivity index (χ4n) is 1.76. The molecule has 0 spiro atoms. The Kier molecular flexibility index (Phi) is 1.92. The lowest BCUT2D eigenvalue weighted by Gasteiger charge is -2.06. The standard InChI is InChI=1S/C8H13NO3/c1-2-12-8(10)9-7-5-3-11-4-6(5)7/h5-7H,2-4H2,1H3,(H,9,10)/t5-,6+,7?. The van der Waals surface area contributed by atoms with Crippen molar-refractivity contribution in [2.45, 2.75) is 13.0 Å². The van der Waals surface area contributed by atoms with Gasteiger partial charge in [-0.1, -0.05) is 0 Å². The second-order valence-corrected chi connectivity index (χ2v) is 3.26. The molecule has 3 atom stereocenters. The maximum Gasteiger partial charge on any atom is 0.407 e. The first-order chi connectivity index (χ1) is 5.83. The van der Waals surface area contributed by atoms with Crippen LogP contribution in [0, 0.1) is 11.8 Å². The molecule has 1 saturated carbocycles. The van der Waals surface area contributed by atoms with E-state index in [2.05, 4.69) is 5.32 Å². The molecule has 0 radical (unpaired) electrons. The first-order valence-corrected chi connectivity index (χ1v) is 4.34. The van der Waals surface area contributed by atoms with Crippen LogP contribution < -0.4 is 5.32 Å². The minimum Gasteiger partial charge on any atom is -0.450 e. The third-order valence-electron chi connectivity index (χ3n) is 2.51. The molecule has 2 aliphatic rings. The van der Waals surface area contributed by atoms with Gasteiger partial charge >= 0.3 is 6.09 Å². The summed E-state index contributed by atoms with van der Waals surface area (Å²) in [7, 11) is 0. The molecule has 4 nitrogen and oxygen atoms in total. The number of carbonyl (C=O) groups is 1. The van der Waals surface area contributed by atoms with Crippen molar-refractivity contribution in [3.63, 3.8) is 0 Å². The van der Waals surface area contributed by atoms with Crippen LogP contribution >= 0.6 is 0 Å². The number of fused-ring (bicyclic) bond motifs is 1. The van der Waals surface area contributed by atoms with Gasteiger partial charge in [-0.2, -0.15) is 0 Å². The molecule has 1 aliphatic heterocycles. The van der Waals surface area contributed by atoms with Crippen molar-refractivity contribution in [1.29, 1.82) is 0 Å². The summed E-state index contributed by atoms with van der Waals surface area (Å²) < 4.78 is 9.95. The second kappa shape index (κ2) is 2.94. The van der Waals surface area contributed by atoms with Gasteiger partial charge in [0.05, 0.1) is 19.8 Å². The Bertz CT molecular complexity index is 185. The van der Waals surface area contributed by atoms with Gasteiger partial charge in [0.1, 0.15) is 0 Å². The molecule has 68 valence electrons. The van der Waals surface area contributed by atoms with Crippen molar-refractivity contribution in [1.82, 2.24) is 5.32 Å². The zero-order valence-corrected chi connectivity index (χ0v) is 7.08. The van der Waals surface area contributed by atoms with Gasteiger partial charge in [-0.25, -0.2) is 4.79 Å². The number of hydrogen-bond acceptors (Lipinski definition) is 3. The first kappa shape index (κ1) is 7.86. The Hall–Kier alpha value is -0.770. The van der Waals surface area contributed by atoms with Crippen LogP contribution in [0.25, 0.3) is 0 Å². The third-order valence-corrected chi connectivity index (χ3v) is 2.51. The summed E-state index contributed by atoms with van der Waals surface area (Å²) in [5.74, 6) is 1.10. The van der Waals surface area contributed by atoms with Crippen LogP contribution in [0.2, 0.25) is 0 Å². The molecule has 0 aromatic heterocycles. The first-order valence-electron chi connectivity index (χ1n) is 4.34. The summed E-state index contributed by atoms with van der Waals surface area (Å²) in [5, 5.41) is 2.82. The molecule has 0 aromatic carbocycles. The Morgan fingerprint density at radius 3 is 2.83 bits per heavy atom. The van der Waals surface area contributed by atoms with Crippen molar-refractivity contribution in [2.24, 2.45) is 11.8 Å². The van der Waals surface area contributed by atoms with Crippen LogP contribution in [0.1, 0.15) is 6.92 Å². The highest BCUT2D eigenvalue weighted by Crippen LogP contribution is 2.43. The largest absolute Gasteiger partial charge is 0.450 e. The third kappa shape index (κ3) is 1.27. The van der Waals surface area contributed by atoms with Gasteiger partial charge < -0.3 is 14.8 Å². The van der Waals surface area contributed by atoms with Crippen LogP contribution in [0.5, 0.6) is 0 Å². The highest BCUT2D eigenvalue weighted by atomic mass is 16.5. The van der Waals surface area contributed by atoms with Crippen molar-refractivity contribution in [3.8, 4) is 0 Å². The predicted molar refractivity (Wildman–Crippen MR) is 41.7 cm³/mol. The van der Waals surface area contributed by atoms with Crippen molar-refractivity contribution < 1.29 is 14.3 Å². The van der Waals surface area contributed by atoms with E-state index in [9.17, 15) is 4.79 Å². The average molecular weight is 171 g/mol. The quantitative estimate of drug-likeness (QED) is 0.653. The van der Waals surface area contributed by atoms with Gasteiger partial charge in [0.25, 0.3) is 0 Å². The fourth-order valence-corrected chi connectivity index (χ4v) is 1.76. The Morgan fingerprint density at radius 1 is 1.58 bits per heavy atom. The predicted octanol–water partition coefficient (Wildman–Crippen LogP) is 0.377. The molecule has 2 rings (SSSR count). The summed E-state index contributed by atoms with van der Waals surface area (Å²) in [5.41, 5.74) is 0. The number of rotatable bonds is 2. The molecular weight excluding hydrogens is 158 g/mol. The number of amides is 1. The van der Waals surface area contributed by atoms with Gasteiger partial charge in [0, 0.05) is 17.9 Å². The van der Waals surface area contributed by atoms with E-state index in [1.54, 1.807) is 6.92 Å². The molecule has 4 heteroatoms. The number of ether oxygens (including phenoxy) is 2. The lowest BCUT2D eigenvalue weighted by molar-refractivity contribution is 0.136. The molecule has 1 saturated heterocycles. The second-order valence-electron chi connectivity index (χ2n) is 3.26.